The first-order chi connectivity index (χ1) is 8.61. The van der Waals surface area contributed by atoms with Gasteiger partial charge in [-0.25, -0.2) is 4.39 Å². The fourth-order valence-electron chi connectivity index (χ4n) is 1.80. The number of hydrogen-bond donors (Lipinski definition) is 1. The van der Waals surface area contributed by atoms with Crippen molar-refractivity contribution in [2.45, 2.75) is 19.9 Å². The summed E-state index contributed by atoms with van der Waals surface area (Å²) in [4.78, 5) is 2.38. The van der Waals surface area contributed by atoms with Crippen LogP contribution in [0.25, 0.3) is 10.4 Å². The molecule has 0 fully saturated rings. The van der Waals surface area contributed by atoms with Crippen LogP contribution in [0.2, 0.25) is 5.02 Å². The smallest absolute Gasteiger partial charge is 0.141 e. The van der Waals surface area contributed by atoms with Crippen LogP contribution in [0.3, 0.4) is 0 Å². The summed E-state index contributed by atoms with van der Waals surface area (Å²) in [6.45, 7) is 5.16. The molecule has 0 spiro atoms. The second-order valence-electron chi connectivity index (χ2n) is 4.11. The first-order valence-corrected chi connectivity index (χ1v) is 7.09. The quantitative estimate of drug-likeness (QED) is 0.843. The van der Waals surface area contributed by atoms with Crippen molar-refractivity contribution in [3.05, 3.63) is 46.0 Å². The predicted molar refractivity (Wildman–Crippen MR) is 76.8 cm³/mol. The highest BCUT2D eigenvalue weighted by Gasteiger charge is 2.09. The number of thiophene rings is 1. The van der Waals surface area contributed by atoms with Crippen molar-refractivity contribution >= 4 is 22.9 Å². The van der Waals surface area contributed by atoms with E-state index < -0.39 is 0 Å². The SMILES string of the molecule is CCNC(C)c1ccc(-c2ccc(F)c(Cl)c2)s1. The molecule has 0 amide bonds. The van der Waals surface area contributed by atoms with Gasteiger partial charge in [-0.1, -0.05) is 24.6 Å². The lowest BCUT2D eigenvalue weighted by molar-refractivity contribution is 0.607. The zero-order chi connectivity index (χ0) is 13.1. The van der Waals surface area contributed by atoms with Crippen LogP contribution in [0, 0.1) is 5.82 Å². The Balaban J connectivity index is 2.26. The van der Waals surface area contributed by atoms with E-state index in [9.17, 15) is 4.39 Å². The first kappa shape index (κ1) is 13.5. The highest BCUT2D eigenvalue weighted by molar-refractivity contribution is 7.15. The van der Waals surface area contributed by atoms with Crippen molar-refractivity contribution in [2.75, 3.05) is 6.54 Å². The van der Waals surface area contributed by atoms with Gasteiger partial charge < -0.3 is 5.32 Å². The minimum atomic E-state index is -0.377. The molecule has 0 radical (unpaired) electrons. The summed E-state index contributed by atoms with van der Waals surface area (Å²) in [5.41, 5.74) is 0.960. The van der Waals surface area contributed by atoms with Crippen LogP contribution in [0.5, 0.6) is 0 Å². The molecule has 1 unspecified atom stereocenters. The third-order valence-electron chi connectivity index (χ3n) is 2.77. The van der Waals surface area contributed by atoms with E-state index in [1.165, 1.54) is 10.9 Å². The van der Waals surface area contributed by atoms with Gasteiger partial charge in [0.05, 0.1) is 5.02 Å². The maximum absolute atomic E-state index is 13.1. The molecule has 1 nitrogen and oxygen atoms in total. The summed E-state index contributed by atoms with van der Waals surface area (Å²) in [5.74, 6) is -0.377. The van der Waals surface area contributed by atoms with Gasteiger partial charge in [0.15, 0.2) is 0 Å². The third kappa shape index (κ3) is 2.91. The number of hydrogen-bond acceptors (Lipinski definition) is 2. The normalized spacial score (nSPS) is 12.7. The van der Waals surface area contributed by atoms with Gasteiger partial charge in [0.1, 0.15) is 5.82 Å². The summed E-state index contributed by atoms with van der Waals surface area (Å²) in [7, 11) is 0. The summed E-state index contributed by atoms with van der Waals surface area (Å²) in [5, 5.41) is 3.54. The second-order valence-corrected chi connectivity index (χ2v) is 5.63. The Bertz CT molecular complexity index is 538. The minimum absolute atomic E-state index is 0.169. The molecule has 1 aromatic carbocycles. The fraction of sp³-hybridized carbons (Fsp3) is 0.286. The van der Waals surface area contributed by atoms with Crippen LogP contribution in [0.4, 0.5) is 4.39 Å². The molecule has 0 saturated carbocycles. The molecule has 4 heteroatoms. The van der Waals surface area contributed by atoms with Gasteiger partial charge in [-0.2, -0.15) is 0 Å². The van der Waals surface area contributed by atoms with E-state index >= 15 is 0 Å². The van der Waals surface area contributed by atoms with Crippen LogP contribution in [0.15, 0.2) is 30.3 Å². The van der Waals surface area contributed by atoms with Crippen molar-refractivity contribution in [1.82, 2.24) is 5.32 Å². The minimum Gasteiger partial charge on any atom is -0.310 e. The van der Waals surface area contributed by atoms with Gasteiger partial charge in [0.25, 0.3) is 0 Å². The Morgan fingerprint density at radius 1 is 1.33 bits per heavy atom. The molecule has 1 atom stereocenters. The number of halogens is 2. The molecule has 18 heavy (non-hydrogen) atoms. The van der Waals surface area contributed by atoms with Crippen molar-refractivity contribution < 1.29 is 4.39 Å². The van der Waals surface area contributed by atoms with Crippen LogP contribution >= 0.6 is 22.9 Å². The molecule has 1 aromatic heterocycles. The molecule has 0 aliphatic carbocycles. The molecule has 1 heterocycles. The standard InChI is InChI=1S/C14H15ClFNS/c1-3-17-9(2)13-6-7-14(18-13)10-4-5-12(16)11(15)8-10/h4-9,17H,3H2,1-2H3. The maximum Gasteiger partial charge on any atom is 0.141 e. The zero-order valence-electron chi connectivity index (χ0n) is 10.3. The predicted octanol–water partition coefficient (Wildman–Crippen LogP) is 4.88. The van der Waals surface area contributed by atoms with Gasteiger partial charge in [-0.05, 0) is 43.3 Å². The van der Waals surface area contributed by atoms with Crippen LogP contribution in [0.1, 0.15) is 24.8 Å². The Labute approximate surface area is 116 Å². The highest BCUT2D eigenvalue weighted by Crippen LogP contribution is 2.33. The maximum atomic E-state index is 13.1. The monoisotopic (exact) mass is 283 g/mol. The molecular weight excluding hydrogens is 269 g/mol. The molecule has 1 N–H and O–H groups in total. The van der Waals surface area contributed by atoms with Gasteiger partial charge in [-0.3, -0.25) is 0 Å². The number of rotatable bonds is 4. The van der Waals surface area contributed by atoms with E-state index in [4.69, 9.17) is 11.6 Å². The van der Waals surface area contributed by atoms with Gasteiger partial charge >= 0.3 is 0 Å². The Hall–Kier alpha value is -0.900. The lowest BCUT2D eigenvalue weighted by Gasteiger charge is -2.09. The van der Waals surface area contributed by atoms with Gasteiger partial charge in [0, 0.05) is 15.8 Å². The fourth-order valence-corrected chi connectivity index (χ4v) is 3.01. The Kier molecular flexibility index (Phi) is 4.38. The van der Waals surface area contributed by atoms with Crippen LogP contribution in [-0.2, 0) is 0 Å². The highest BCUT2D eigenvalue weighted by atomic mass is 35.5. The van der Waals surface area contributed by atoms with Crippen molar-refractivity contribution in [2.24, 2.45) is 0 Å². The van der Waals surface area contributed by atoms with E-state index in [1.807, 2.05) is 0 Å². The lowest BCUT2D eigenvalue weighted by atomic mass is 10.2. The molecule has 0 bridgehead atoms. The Morgan fingerprint density at radius 3 is 2.78 bits per heavy atom. The van der Waals surface area contributed by atoms with E-state index in [-0.39, 0.29) is 10.8 Å². The second kappa shape index (κ2) is 5.83. The first-order valence-electron chi connectivity index (χ1n) is 5.90. The van der Waals surface area contributed by atoms with Crippen molar-refractivity contribution in [3.8, 4) is 10.4 Å². The lowest BCUT2D eigenvalue weighted by Crippen LogP contribution is -2.16. The van der Waals surface area contributed by atoms with Crippen molar-refractivity contribution in [3.63, 3.8) is 0 Å². The van der Waals surface area contributed by atoms with E-state index in [0.29, 0.717) is 6.04 Å². The van der Waals surface area contributed by atoms with Gasteiger partial charge in [-0.15, -0.1) is 11.3 Å². The summed E-state index contributed by atoms with van der Waals surface area (Å²) in [6.07, 6.45) is 0. The molecule has 0 saturated heterocycles. The number of nitrogens with one attached hydrogen (secondary N) is 1. The molecule has 2 rings (SSSR count). The van der Waals surface area contributed by atoms with E-state index in [0.717, 1.165) is 17.0 Å². The van der Waals surface area contributed by atoms with E-state index in [1.54, 1.807) is 23.5 Å². The topological polar surface area (TPSA) is 12.0 Å². The third-order valence-corrected chi connectivity index (χ3v) is 4.37. The summed E-state index contributed by atoms with van der Waals surface area (Å²) < 4.78 is 13.1. The van der Waals surface area contributed by atoms with Crippen LogP contribution in [-0.4, -0.2) is 6.54 Å². The summed E-state index contributed by atoms with van der Waals surface area (Å²) >= 11 is 7.51. The van der Waals surface area contributed by atoms with Crippen LogP contribution < -0.4 is 5.32 Å². The molecular formula is C14H15ClFNS. The largest absolute Gasteiger partial charge is 0.310 e. The van der Waals surface area contributed by atoms with Gasteiger partial charge in [0.2, 0.25) is 0 Å². The molecule has 0 aliphatic heterocycles. The zero-order valence-corrected chi connectivity index (χ0v) is 11.9. The number of benzene rings is 1. The molecule has 0 aliphatic rings. The van der Waals surface area contributed by atoms with Crippen molar-refractivity contribution in [1.29, 1.82) is 0 Å². The average Bonchev–Trinajstić information content (AvgIpc) is 2.82. The molecule has 96 valence electrons. The molecule has 2 aromatic rings. The Morgan fingerprint density at radius 2 is 2.11 bits per heavy atom. The summed E-state index contributed by atoms with van der Waals surface area (Å²) in [6, 6.07) is 9.33. The average molecular weight is 284 g/mol. The van der Waals surface area contributed by atoms with E-state index in [2.05, 4.69) is 31.3 Å².